The highest BCUT2D eigenvalue weighted by Crippen LogP contribution is 2.43. The fraction of sp³-hybridized carbons (Fsp3) is 0.733. The predicted molar refractivity (Wildman–Crippen MR) is 74.6 cm³/mol. The summed E-state index contributed by atoms with van der Waals surface area (Å²) in [6.07, 6.45) is 3.62. The van der Waals surface area contributed by atoms with Gasteiger partial charge in [-0.3, -0.25) is 0 Å². The number of aromatic nitrogens is 2. The number of rotatable bonds is 5. The zero-order valence-corrected chi connectivity index (χ0v) is 12.2. The maximum Gasteiger partial charge on any atom is 0.391 e. The van der Waals surface area contributed by atoms with Crippen LogP contribution in [0.3, 0.4) is 0 Å². The molecule has 0 spiro atoms. The van der Waals surface area contributed by atoms with Crippen LogP contribution in [0.5, 0.6) is 0 Å². The lowest BCUT2D eigenvalue weighted by atomic mass is 9.76. The Balaban J connectivity index is 2.13. The Morgan fingerprint density at radius 3 is 2.62 bits per heavy atom. The fourth-order valence-electron chi connectivity index (χ4n) is 3.16. The molecule has 0 saturated heterocycles. The predicted octanol–water partition coefficient (Wildman–Crippen LogP) is 3.89. The van der Waals surface area contributed by atoms with Crippen molar-refractivity contribution in [3.8, 4) is 0 Å². The first-order valence-corrected chi connectivity index (χ1v) is 7.57. The number of hydrogen-bond donors (Lipinski definition) is 1. The van der Waals surface area contributed by atoms with Crippen molar-refractivity contribution in [1.82, 2.24) is 15.3 Å². The van der Waals surface area contributed by atoms with Crippen LogP contribution in [-0.2, 0) is 0 Å². The molecule has 1 aromatic rings. The molecule has 0 amide bonds. The molecule has 6 heteroatoms. The van der Waals surface area contributed by atoms with Crippen LogP contribution in [0, 0.1) is 11.8 Å². The molecule has 0 radical (unpaired) electrons. The summed E-state index contributed by atoms with van der Waals surface area (Å²) >= 11 is 0. The summed E-state index contributed by atoms with van der Waals surface area (Å²) in [7, 11) is 0. The Morgan fingerprint density at radius 1 is 1.29 bits per heavy atom. The highest BCUT2D eigenvalue weighted by molar-refractivity contribution is 5.11. The standard InChI is InChI=1S/C15H22F3N3/c1-2-6-21-14(12-8-19-10-20-9-12)11-4-3-5-13(7-11)15(16,17)18/h8-11,13-14,21H,2-7H2,1H3. The van der Waals surface area contributed by atoms with Crippen LogP contribution in [0.4, 0.5) is 13.2 Å². The molecule has 1 heterocycles. The van der Waals surface area contributed by atoms with Gasteiger partial charge in [0.1, 0.15) is 6.33 Å². The minimum Gasteiger partial charge on any atom is -0.310 e. The summed E-state index contributed by atoms with van der Waals surface area (Å²) in [4.78, 5) is 8.01. The van der Waals surface area contributed by atoms with Crippen LogP contribution >= 0.6 is 0 Å². The molecule has 3 unspecified atom stereocenters. The molecule has 3 nitrogen and oxygen atoms in total. The molecule has 2 rings (SSSR count). The molecule has 21 heavy (non-hydrogen) atoms. The van der Waals surface area contributed by atoms with Crippen LogP contribution in [0.15, 0.2) is 18.7 Å². The van der Waals surface area contributed by atoms with Gasteiger partial charge in [0.2, 0.25) is 0 Å². The lowest BCUT2D eigenvalue weighted by Crippen LogP contribution is -2.36. The van der Waals surface area contributed by atoms with Crippen LogP contribution in [0.1, 0.15) is 50.6 Å². The van der Waals surface area contributed by atoms with E-state index in [0.29, 0.717) is 6.42 Å². The summed E-state index contributed by atoms with van der Waals surface area (Å²) in [6, 6.07) is -0.0868. The van der Waals surface area contributed by atoms with Crippen LogP contribution in [0.2, 0.25) is 0 Å². The molecule has 1 aromatic heterocycles. The van der Waals surface area contributed by atoms with E-state index in [1.807, 2.05) is 6.92 Å². The highest BCUT2D eigenvalue weighted by atomic mass is 19.4. The number of hydrogen-bond acceptors (Lipinski definition) is 3. The molecule has 3 atom stereocenters. The maximum absolute atomic E-state index is 13.0. The van der Waals surface area contributed by atoms with E-state index in [0.717, 1.165) is 24.9 Å². The van der Waals surface area contributed by atoms with Gasteiger partial charge in [-0.2, -0.15) is 13.2 Å². The van der Waals surface area contributed by atoms with Gasteiger partial charge in [0, 0.05) is 24.0 Å². The minimum atomic E-state index is -4.08. The van der Waals surface area contributed by atoms with Gasteiger partial charge in [-0.1, -0.05) is 13.3 Å². The van der Waals surface area contributed by atoms with Crippen molar-refractivity contribution in [3.05, 3.63) is 24.3 Å². The van der Waals surface area contributed by atoms with Gasteiger partial charge in [0.25, 0.3) is 0 Å². The SMILES string of the molecule is CCCNC(c1cncnc1)C1CCCC(C(F)(F)F)C1. The van der Waals surface area contributed by atoms with E-state index >= 15 is 0 Å². The molecule has 118 valence electrons. The zero-order valence-electron chi connectivity index (χ0n) is 12.2. The molecule has 0 aromatic carbocycles. The number of nitrogens with zero attached hydrogens (tertiary/aromatic N) is 2. The van der Waals surface area contributed by atoms with Gasteiger partial charge in [-0.05, 0) is 38.1 Å². The second-order valence-corrected chi connectivity index (χ2v) is 5.77. The van der Waals surface area contributed by atoms with Gasteiger partial charge < -0.3 is 5.32 Å². The van der Waals surface area contributed by atoms with Crippen LogP contribution in [0.25, 0.3) is 0 Å². The first-order valence-electron chi connectivity index (χ1n) is 7.57. The Morgan fingerprint density at radius 2 is 2.00 bits per heavy atom. The summed E-state index contributed by atoms with van der Waals surface area (Å²) in [5.41, 5.74) is 0.888. The first kappa shape index (κ1) is 16.2. The Kier molecular flexibility index (Phi) is 5.56. The van der Waals surface area contributed by atoms with E-state index in [4.69, 9.17) is 0 Å². The second kappa shape index (κ2) is 7.20. The summed E-state index contributed by atoms with van der Waals surface area (Å²) in [5.74, 6) is -1.19. The van der Waals surface area contributed by atoms with Crippen LogP contribution in [-0.4, -0.2) is 22.7 Å². The summed E-state index contributed by atoms with van der Waals surface area (Å²) in [5, 5.41) is 3.38. The number of alkyl halides is 3. The molecular weight excluding hydrogens is 279 g/mol. The Hall–Kier alpha value is -1.17. The number of halogens is 3. The van der Waals surface area contributed by atoms with E-state index in [-0.39, 0.29) is 24.8 Å². The van der Waals surface area contributed by atoms with Crippen LogP contribution < -0.4 is 5.32 Å². The fourth-order valence-corrected chi connectivity index (χ4v) is 3.16. The summed E-state index contributed by atoms with van der Waals surface area (Å²) < 4.78 is 39.0. The number of nitrogens with one attached hydrogen (secondary N) is 1. The van der Waals surface area contributed by atoms with Gasteiger partial charge in [0.05, 0.1) is 5.92 Å². The van der Waals surface area contributed by atoms with Gasteiger partial charge in [-0.15, -0.1) is 0 Å². The highest BCUT2D eigenvalue weighted by Gasteiger charge is 2.43. The van der Waals surface area contributed by atoms with Crippen molar-refractivity contribution in [1.29, 1.82) is 0 Å². The molecule has 0 bridgehead atoms. The van der Waals surface area contributed by atoms with E-state index in [1.165, 1.54) is 6.33 Å². The molecule has 1 saturated carbocycles. The second-order valence-electron chi connectivity index (χ2n) is 5.77. The van der Waals surface area contributed by atoms with Crippen molar-refractivity contribution < 1.29 is 13.2 Å². The third-order valence-corrected chi connectivity index (χ3v) is 4.20. The zero-order chi connectivity index (χ0) is 15.3. The Labute approximate surface area is 123 Å². The van der Waals surface area contributed by atoms with Crippen molar-refractivity contribution in [3.63, 3.8) is 0 Å². The molecule has 1 aliphatic rings. The lowest BCUT2D eigenvalue weighted by molar-refractivity contribution is -0.186. The van der Waals surface area contributed by atoms with E-state index in [9.17, 15) is 13.2 Å². The molecule has 1 fully saturated rings. The largest absolute Gasteiger partial charge is 0.391 e. The monoisotopic (exact) mass is 301 g/mol. The third-order valence-electron chi connectivity index (χ3n) is 4.20. The molecular formula is C15H22F3N3. The maximum atomic E-state index is 13.0. The van der Waals surface area contributed by atoms with E-state index in [1.54, 1.807) is 12.4 Å². The molecule has 0 aliphatic heterocycles. The average Bonchev–Trinajstić information content (AvgIpc) is 2.48. The quantitative estimate of drug-likeness (QED) is 0.896. The molecule has 1 aliphatic carbocycles. The van der Waals surface area contributed by atoms with Crippen molar-refractivity contribution in [2.24, 2.45) is 11.8 Å². The topological polar surface area (TPSA) is 37.8 Å². The first-order chi connectivity index (χ1) is 10.0. The van der Waals surface area contributed by atoms with Gasteiger partial charge in [0.15, 0.2) is 0 Å². The summed E-state index contributed by atoms with van der Waals surface area (Å²) in [6.45, 7) is 2.83. The van der Waals surface area contributed by atoms with Crippen molar-refractivity contribution in [2.45, 2.75) is 51.2 Å². The van der Waals surface area contributed by atoms with E-state index < -0.39 is 12.1 Å². The van der Waals surface area contributed by atoms with E-state index in [2.05, 4.69) is 15.3 Å². The minimum absolute atomic E-state index is 0.0112. The van der Waals surface area contributed by atoms with Gasteiger partial charge in [-0.25, -0.2) is 9.97 Å². The third kappa shape index (κ3) is 4.40. The average molecular weight is 301 g/mol. The van der Waals surface area contributed by atoms with Crippen molar-refractivity contribution >= 4 is 0 Å². The lowest BCUT2D eigenvalue weighted by Gasteiger charge is -2.35. The Bertz CT molecular complexity index is 422. The smallest absolute Gasteiger partial charge is 0.310 e. The molecule has 1 N–H and O–H groups in total. The van der Waals surface area contributed by atoms with Gasteiger partial charge >= 0.3 is 6.18 Å². The normalized spacial score (nSPS) is 24.8. The van der Waals surface area contributed by atoms with Crippen molar-refractivity contribution in [2.75, 3.05) is 6.54 Å².